The van der Waals surface area contributed by atoms with E-state index in [4.69, 9.17) is 0 Å². The Kier molecular flexibility index (Phi) is 4.96. The lowest BCUT2D eigenvalue weighted by Crippen LogP contribution is -2.30. The number of benzene rings is 1. The van der Waals surface area contributed by atoms with Crippen LogP contribution in [0.3, 0.4) is 0 Å². The smallest absolute Gasteiger partial charge is 0.221 e. The number of aromatic nitrogens is 4. The lowest BCUT2D eigenvalue weighted by molar-refractivity contribution is -0.121. The zero-order chi connectivity index (χ0) is 16.8. The molecule has 2 N–H and O–H groups in total. The fourth-order valence-corrected chi connectivity index (χ4v) is 2.47. The van der Waals surface area contributed by atoms with Gasteiger partial charge in [-0.2, -0.15) is 5.10 Å². The first-order valence-corrected chi connectivity index (χ1v) is 7.84. The van der Waals surface area contributed by atoms with E-state index in [0.29, 0.717) is 18.7 Å². The highest BCUT2D eigenvalue weighted by Gasteiger charge is 2.20. The summed E-state index contributed by atoms with van der Waals surface area (Å²) in [5.74, 6) is 1.24. The molecule has 2 heterocycles. The lowest BCUT2D eigenvalue weighted by Gasteiger charge is -2.16. The number of aromatic amines is 1. The minimum absolute atomic E-state index is 0.0461. The molecule has 2 aromatic heterocycles. The van der Waals surface area contributed by atoms with Crippen LogP contribution in [0.15, 0.2) is 54.9 Å². The van der Waals surface area contributed by atoms with Gasteiger partial charge < -0.3 is 5.32 Å². The molecule has 6 nitrogen and oxygen atoms in total. The van der Waals surface area contributed by atoms with Gasteiger partial charge in [0.1, 0.15) is 11.9 Å². The van der Waals surface area contributed by atoms with Gasteiger partial charge in [-0.05, 0) is 30.5 Å². The third-order valence-electron chi connectivity index (χ3n) is 3.67. The summed E-state index contributed by atoms with van der Waals surface area (Å²) < 4.78 is 0. The molecule has 0 saturated heterocycles. The molecule has 1 aromatic carbocycles. The first-order chi connectivity index (χ1) is 11.7. The molecule has 24 heavy (non-hydrogen) atoms. The lowest BCUT2D eigenvalue weighted by atomic mass is 10.1. The second kappa shape index (κ2) is 7.50. The Bertz CT molecular complexity index is 785. The van der Waals surface area contributed by atoms with Crippen LogP contribution in [0.1, 0.15) is 35.2 Å². The molecule has 0 aliphatic rings. The quantitative estimate of drug-likeness (QED) is 0.730. The number of H-pyrrole nitrogens is 1. The van der Waals surface area contributed by atoms with Crippen molar-refractivity contribution < 1.29 is 4.79 Å². The van der Waals surface area contributed by atoms with E-state index in [2.05, 4.69) is 25.5 Å². The topological polar surface area (TPSA) is 83.6 Å². The number of aryl methyl sites for hydroxylation is 2. The van der Waals surface area contributed by atoms with Crippen LogP contribution in [-0.2, 0) is 11.2 Å². The van der Waals surface area contributed by atoms with Crippen LogP contribution in [0, 0.1) is 6.92 Å². The van der Waals surface area contributed by atoms with Crippen LogP contribution in [0.25, 0.3) is 0 Å². The van der Waals surface area contributed by atoms with Gasteiger partial charge in [-0.25, -0.2) is 4.98 Å². The zero-order valence-electron chi connectivity index (χ0n) is 13.4. The summed E-state index contributed by atoms with van der Waals surface area (Å²) in [6.07, 6.45) is 4.54. The van der Waals surface area contributed by atoms with Crippen LogP contribution >= 0.6 is 0 Å². The second-order valence-electron chi connectivity index (χ2n) is 5.55. The summed E-state index contributed by atoms with van der Waals surface area (Å²) in [6, 6.07) is 13.2. The van der Waals surface area contributed by atoms with E-state index in [1.54, 1.807) is 12.4 Å². The van der Waals surface area contributed by atoms with Crippen LogP contribution < -0.4 is 5.32 Å². The molecule has 1 atom stereocenters. The Balaban J connectivity index is 1.71. The molecule has 122 valence electrons. The third-order valence-corrected chi connectivity index (χ3v) is 3.67. The van der Waals surface area contributed by atoms with Crippen molar-refractivity contribution in [2.75, 3.05) is 0 Å². The minimum atomic E-state index is -0.363. The molecule has 3 aromatic rings. The first-order valence-electron chi connectivity index (χ1n) is 7.84. The van der Waals surface area contributed by atoms with Gasteiger partial charge in [-0.15, -0.1) is 0 Å². The maximum atomic E-state index is 12.4. The van der Waals surface area contributed by atoms with E-state index < -0.39 is 0 Å². The van der Waals surface area contributed by atoms with Gasteiger partial charge in [-0.3, -0.25) is 14.9 Å². The molecule has 3 rings (SSSR count). The van der Waals surface area contributed by atoms with Crippen molar-refractivity contribution in [1.29, 1.82) is 0 Å². The van der Waals surface area contributed by atoms with Crippen LogP contribution in [-0.4, -0.2) is 26.1 Å². The number of carbonyl (C=O) groups excluding carboxylic acids is 1. The predicted molar refractivity (Wildman–Crippen MR) is 90.1 cm³/mol. The average Bonchev–Trinajstić information content (AvgIpc) is 3.05. The van der Waals surface area contributed by atoms with Gasteiger partial charge >= 0.3 is 0 Å². The van der Waals surface area contributed by atoms with Crippen molar-refractivity contribution in [2.24, 2.45) is 0 Å². The highest BCUT2D eigenvalue weighted by atomic mass is 16.1. The summed E-state index contributed by atoms with van der Waals surface area (Å²) in [7, 11) is 0. The molecule has 0 aliphatic carbocycles. The number of pyridine rings is 1. The van der Waals surface area contributed by atoms with E-state index in [1.165, 1.54) is 0 Å². The van der Waals surface area contributed by atoms with Gasteiger partial charge in [0.2, 0.25) is 5.91 Å². The largest absolute Gasteiger partial charge is 0.342 e. The van der Waals surface area contributed by atoms with E-state index in [0.717, 1.165) is 17.0 Å². The van der Waals surface area contributed by atoms with E-state index in [1.807, 2.05) is 49.4 Å². The van der Waals surface area contributed by atoms with E-state index in [9.17, 15) is 4.79 Å². The Morgan fingerprint density at radius 1 is 1.21 bits per heavy atom. The number of hydrogen-bond donors (Lipinski definition) is 2. The molecule has 6 heteroatoms. The monoisotopic (exact) mass is 321 g/mol. The Morgan fingerprint density at radius 2 is 2.04 bits per heavy atom. The maximum absolute atomic E-state index is 12.4. The van der Waals surface area contributed by atoms with Crippen LogP contribution in [0.4, 0.5) is 0 Å². The Labute approximate surface area is 140 Å². The highest BCUT2D eigenvalue weighted by molar-refractivity contribution is 5.77. The molecule has 0 saturated carbocycles. The van der Waals surface area contributed by atoms with Crippen LogP contribution in [0.5, 0.6) is 0 Å². The molecule has 1 unspecified atom stereocenters. The molecular weight excluding hydrogens is 302 g/mol. The van der Waals surface area contributed by atoms with Gasteiger partial charge in [0.15, 0.2) is 5.82 Å². The van der Waals surface area contributed by atoms with Crippen LogP contribution in [0.2, 0.25) is 0 Å². The molecule has 0 fully saturated rings. The number of nitrogens with one attached hydrogen (secondary N) is 2. The molecule has 0 radical (unpaired) electrons. The molecule has 0 aliphatic heterocycles. The second-order valence-corrected chi connectivity index (χ2v) is 5.55. The minimum Gasteiger partial charge on any atom is -0.342 e. The van der Waals surface area contributed by atoms with Crippen molar-refractivity contribution in [3.05, 3.63) is 77.6 Å². The summed E-state index contributed by atoms with van der Waals surface area (Å²) in [5.41, 5.74) is 1.99. The van der Waals surface area contributed by atoms with Gasteiger partial charge in [0, 0.05) is 18.8 Å². The maximum Gasteiger partial charge on any atom is 0.221 e. The van der Waals surface area contributed by atoms with Gasteiger partial charge in [0.25, 0.3) is 0 Å². The number of rotatable bonds is 6. The average molecular weight is 321 g/mol. The summed E-state index contributed by atoms with van der Waals surface area (Å²) in [4.78, 5) is 20.8. The normalized spacial score (nSPS) is 11.9. The number of nitrogens with zero attached hydrogens (tertiary/aromatic N) is 3. The summed E-state index contributed by atoms with van der Waals surface area (Å²) in [5, 5.41) is 10.1. The standard InChI is InChI=1S/C18H19N5O/c1-13-20-18(23-22-13)17(15-7-3-2-4-8-15)21-16(24)10-9-14-6-5-11-19-12-14/h2-8,11-12,17H,9-10H2,1H3,(H,21,24)(H,20,22,23). The fourth-order valence-electron chi connectivity index (χ4n) is 2.47. The number of hydrogen-bond acceptors (Lipinski definition) is 4. The summed E-state index contributed by atoms with van der Waals surface area (Å²) in [6.45, 7) is 1.84. The van der Waals surface area contributed by atoms with Crippen molar-refractivity contribution in [3.63, 3.8) is 0 Å². The third kappa shape index (κ3) is 4.04. The molecular formula is C18H19N5O. The SMILES string of the molecule is Cc1nc(C(NC(=O)CCc2cccnc2)c2ccccc2)n[nH]1. The predicted octanol–water partition coefficient (Wildman–Crippen LogP) is 2.35. The van der Waals surface area contributed by atoms with Gasteiger partial charge in [0.05, 0.1) is 0 Å². The Hall–Kier alpha value is -3.02. The zero-order valence-corrected chi connectivity index (χ0v) is 13.4. The fraction of sp³-hybridized carbons (Fsp3) is 0.222. The van der Waals surface area contributed by atoms with E-state index >= 15 is 0 Å². The molecule has 0 spiro atoms. The van der Waals surface area contributed by atoms with Crippen molar-refractivity contribution in [2.45, 2.75) is 25.8 Å². The summed E-state index contributed by atoms with van der Waals surface area (Å²) >= 11 is 0. The number of amides is 1. The van der Waals surface area contributed by atoms with E-state index in [-0.39, 0.29) is 11.9 Å². The number of carbonyl (C=O) groups is 1. The van der Waals surface area contributed by atoms with Gasteiger partial charge in [-0.1, -0.05) is 36.4 Å². The van der Waals surface area contributed by atoms with Crippen molar-refractivity contribution in [3.8, 4) is 0 Å². The van der Waals surface area contributed by atoms with Crippen molar-refractivity contribution >= 4 is 5.91 Å². The first kappa shape index (κ1) is 15.9. The van der Waals surface area contributed by atoms with Crippen molar-refractivity contribution in [1.82, 2.24) is 25.5 Å². The Morgan fingerprint density at radius 3 is 2.71 bits per heavy atom. The molecule has 1 amide bonds. The highest BCUT2D eigenvalue weighted by Crippen LogP contribution is 2.19. The molecule has 0 bridgehead atoms.